The van der Waals surface area contributed by atoms with E-state index in [4.69, 9.17) is 36.3 Å². The Balaban J connectivity index is 1.39. The number of carbonyl (C=O) groups is 1. The Bertz CT molecular complexity index is 1130. The van der Waals surface area contributed by atoms with E-state index >= 15 is 0 Å². The highest BCUT2D eigenvalue weighted by molar-refractivity contribution is 6.28. The second-order valence-corrected chi connectivity index (χ2v) is 10.7. The van der Waals surface area contributed by atoms with Crippen LogP contribution in [0.2, 0.25) is 5.28 Å². The standard InChI is InChI=1S/C23H34ClN7O5/c1-22(2,3)36-21(32)26-9-7-8-10-30(6)11-13-15-16(35-23(4,5)34-15)19(33-13)31-12-27-14-17(25)28-20(24)29-18(14)31/h7-8,12-13,15-16,19H,9-11H2,1-6H3,(H,26,32)(H2,25,28,29)/b8-7-/t13-,15-,16-,19-/m1/s1. The summed E-state index contributed by atoms with van der Waals surface area (Å²) in [6.07, 6.45) is 3.55. The zero-order chi connectivity index (χ0) is 26.3. The predicted octanol–water partition coefficient (Wildman–Crippen LogP) is 2.49. The van der Waals surface area contributed by atoms with Crippen molar-refractivity contribution in [1.29, 1.82) is 0 Å². The van der Waals surface area contributed by atoms with Gasteiger partial charge in [0.1, 0.15) is 29.4 Å². The van der Waals surface area contributed by atoms with E-state index in [-0.39, 0.29) is 29.4 Å². The van der Waals surface area contributed by atoms with Crippen LogP contribution >= 0.6 is 11.6 Å². The van der Waals surface area contributed by atoms with E-state index in [2.05, 4.69) is 25.2 Å². The quantitative estimate of drug-likeness (QED) is 0.411. The molecule has 4 heterocycles. The third kappa shape index (κ3) is 6.06. The smallest absolute Gasteiger partial charge is 0.407 e. The lowest BCUT2D eigenvalue weighted by atomic mass is 10.1. The number of nitrogens with two attached hydrogens (primary N) is 1. The Morgan fingerprint density at radius 3 is 2.75 bits per heavy atom. The highest BCUT2D eigenvalue weighted by Crippen LogP contribution is 2.44. The first-order valence-corrected chi connectivity index (χ1v) is 12.2. The molecule has 2 saturated heterocycles. The van der Waals surface area contributed by atoms with E-state index in [0.717, 1.165) is 0 Å². The van der Waals surface area contributed by atoms with Crippen molar-refractivity contribution >= 4 is 34.7 Å². The summed E-state index contributed by atoms with van der Waals surface area (Å²) in [6, 6.07) is 0. The van der Waals surface area contributed by atoms with Crippen LogP contribution in [-0.4, -0.2) is 86.9 Å². The number of nitrogen functional groups attached to an aromatic ring is 1. The van der Waals surface area contributed by atoms with Crippen molar-refractivity contribution in [2.24, 2.45) is 0 Å². The maximum absolute atomic E-state index is 11.7. The highest BCUT2D eigenvalue weighted by atomic mass is 35.5. The van der Waals surface area contributed by atoms with E-state index in [1.165, 1.54) is 0 Å². The molecule has 2 aromatic heterocycles. The van der Waals surface area contributed by atoms with Gasteiger partial charge in [0, 0.05) is 19.6 Å². The fraction of sp³-hybridized carbons (Fsp3) is 0.652. The number of amides is 1. The van der Waals surface area contributed by atoms with Gasteiger partial charge in [-0.15, -0.1) is 0 Å². The molecule has 4 rings (SSSR count). The van der Waals surface area contributed by atoms with Gasteiger partial charge in [-0.25, -0.2) is 9.78 Å². The van der Waals surface area contributed by atoms with E-state index < -0.39 is 23.7 Å². The molecule has 198 valence electrons. The van der Waals surface area contributed by atoms with Crippen LogP contribution < -0.4 is 11.1 Å². The number of hydrogen-bond donors (Lipinski definition) is 2. The maximum atomic E-state index is 11.7. The van der Waals surface area contributed by atoms with Crippen LogP contribution in [0.15, 0.2) is 18.5 Å². The maximum Gasteiger partial charge on any atom is 0.407 e. The molecular formula is C23H34ClN7O5. The molecule has 0 saturated carbocycles. The van der Waals surface area contributed by atoms with E-state index in [1.807, 2.05) is 53.8 Å². The Kier molecular flexibility index (Phi) is 7.45. The number of anilines is 1. The highest BCUT2D eigenvalue weighted by Gasteiger charge is 2.56. The van der Waals surface area contributed by atoms with Crippen molar-refractivity contribution in [3.05, 3.63) is 23.8 Å². The number of fused-ring (bicyclic) bond motifs is 2. The Labute approximate surface area is 215 Å². The van der Waals surface area contributed by atoms with Crippen molar-refractivity contribution in [2.45, 2.75) is 70.5 Å². The molecule has 3 N–H and O–H groups in total. The molecule has 0 spiro atoms. The largest absolute Gasteiger partial charge is 0.444 e. The molecule has 0 aliphatic carbocycles. The molecule has 2 aromatic rings. The normalized spacial score (nSPS) is 25.7. The molecule has 12 nitrogen and oxygen atoms in total. The molecule has 0 bridgehead atoms. The minimum atomic E-state index is -0.760. The zero-order valence-electron chi connectivity index (χ0n) is 21.4. The van der Waals surface area contributed by atoms with Crippen LogP contribution in [0.4, 0.5) is 10.6 Å². The summed E-state index contributed by atoms with van der Waals surface area (Å²) in [4.78, 5) is 26.5. The van der Waals surface area contributed by atoms with Crippen LogP contribution in [0.1, 0.15) is 40.8 Å². The van der Waals surface area contributed by atoms with Crippen LogP contribution in [0.5, 0.6) is 0 Å². The first-order valence-electron chi connectivity index (χ1n) is 11.8. The number of hydrogen-bond acceptors (Lipinski definition) is 10. The van der Waals surface area contributed by atoms with Gasteiger partial charge in [-0.3, -0.25) is 4.57 Å². The van der Waals surface area contributed by atoms with Crippen molar-refractivity contribution < 1.29 is 23.7 Å². The first-order chi connectivity index (χ1) is 16.8. The molecule has 2 aliphatic rings. The van der Waals surface area contributed by atoms with Crippen LogP contribution in [-0.2, 0) is 18.9 Å². The first kappa shape index (κ1) is 26.6. The third-order valence-electron chi connectivity index (χ3n) is 5.66. The van der Waals surface area contributed by atoms with Gasteiger partial charge in [0.25, 0.3) is 0 Å². The summed E-state index contributed by atoms with van der Waals surface area (Å²) in [5.41, 5.74) is 6.36. The number of carbonyl (C=O) groups excluding carboxylic acids is 1. The van der Waals surface area contributed by atoms with Gasteiger partial charge in [0.05, 0.1) is 6.33 Å². The molecule has 2 fully saturated rings. The summed E-state index contributed by atoms with van der Waals surface area (Å²) in [5, 5.41) is 2.74. The lowest BCUT2D eigenvalue weighted by molar-refractivity contribution is -0.197. The number of imidazole rings is 1. The van der Waals surface area contributed by atoms with Gasteiger partial charge in [0.2, 0.25) is 5.28 Å². The van der Waals surface area contributed by atoms with Gasteiger partial charge in [-0.1, -0.05) is 12.2 Å². The SMILES string of the molecule is CN(C/C=C\CNC(=O)OC(C)(C)C)C[C@H]1O[C@@H](n2cnc3c(N)nc(Cl)nc32)[C@@H]2OC(C)(C)O[C@@H]21. The number of ether oxygens (including phenoxy) is 4. The van der Waals surface area contributed by atoms with Gasteiger partial charge in [-0.05, 0) is 53.3 Å². The summed E-state index contributed by atoms with van der Waals surface area (Å²) in [7, 11) is 1.98. The van der Waals surface area contributed by atoms with Gasteiger partial charge in [0.15, 0.2) is 23.5 Å². The molecular weight excluding hydrogens is 490 g/mol. The molecule has 0 unspecified atom stereocenters. The molecule has 0 aromatic carbocycles. The number of likely N-dealkylation sites (N-methyl/N-ethyl adjacent to an activating group) is 1. The van der Waals surface area contributed by atoms with Crippen LogP contribution in [0.3, 0.4) is 0 Å². The Hall–Kier alpha value is -2.51. The lowest BCUT2D eigenvalue weighted by Crippen LogP contribution is -2.38. The number of alkyl carbamates (subject to hydrolysis) is 1. The summed E-state index contributed by atoms with van der Waals surface area (Å²) in [5.74, 6) is -0.560. The Morgan fingerprint density at radius 1 is 1.31 bits per heavy atom. The number of halogens is 1. The molecule has 13 heteroatoms. The van der Waals surface area contributed by atoms with E-state index in [9.17, 15) is 4.79 Å². The number of nitrogens with zero attached hydrogens (tertiary/aromatic N) is 5. The minimum Gasteiger partial charge on any atom is -0.444 e. The summed E-state index contributed by atoms with van der Waals surface area (Å²) >= 11 is 6.05. The fourth-order valence-corrected chi connectivity index (χ4v) is 4.47. The lowest BCUT2D eigenvalue weighted by Gasteiger charge is -2.26. The monoisotopic (exact) mass is 523 g/mol. The van der Waals surface area contributed by atoms with E-state index in [0.29, 0.717) is 30.8 Å². The van der Waals surface area contributed by atoms with Gasteiger partial charge >= 0.3 is 6.09 Å². The predicted molar refractivity (Wildman–Crippen MR) is 133 cm³/mol. The topological polar surface area (TPSA) is 139 Å². The second-order valence-electron chi connectivity index (χ2n) is 10.4. The molecule has 2 aliphatic heterocycles. The second kappa shape index (κ2) is 10.1. The van der Waals surface area contributed by atoms with Crippen LogP contribution in [0.25, 0.3) is 11.2 Å². The van der Waals surface area contributed by atoms with Crippen molar-refractivity contribution in [1.82, 2.24) is 29.7 Å². The van der Waals surface area contributed by atoms with Crippen molar-refractivity contribution in [3.8, 4) is 0 Å². The van der Waals surface area contributed by atoms with Crippen molar-refractivity contribution in [3.63, 3.8) is 0 Å². The summed E-state index contributed by atoms with van der Waals surface area (Å²) in [6.45, 7) is 10.9. The molecule has 0 radical (unpaired) electrons. The average Bonchev–Trinajstić information content (AvgIpc) is 3.38. The number of rotatable bonds is 7. The van der Waals surface area contributed by atoms with Gasteiger partial charge < -0.3 is 34.9 Å². The fourth-order valence-electron chi connectivity index (χ4n) is 4.30. The minimum absolute atomic E-state index is 0.0319. The zero-order valence-corrected chi connectivity index (χ0v) is 22.2. The molecule has 4 atom stereocenters. The molecule has 1 amide bonds. The molecule has 36 heavy (non-hydrogen) atoms. The van der Waals surface area contributed by atoms with Crippen molar-refractivity contribution in [2.75, 3.05) is 32.4 Å². The van der Waals surface area contributed by atoms with Crippen LogP contribution in [0, 0.1) is 0 Å². The average molecular weight is 524 g/mol. The third-order valence-corrected chi connectivity index (χ3v) is 5.83. The van der Waals surface area contributed by atoms with Gasteiger partial charge in [-0.2, -0.15) is 9.97 Å². The number of aromatic nitrogens is 4. The number of nitrogens with one attached hydrogen (secondary N) is 1. The summed E-state index contributed by atoms with van der Waals surface area (Å²) < 4.78 is 25.8. The van der Waals surface area contributed by atoms with E-state index in [1.54, 1.807) is 10.9 Å². The Morgan fingerprint density at radius 2 is 2.03 bits per heavy atom.